The van der Waals surface area contributed by atoms with Crippen LogP contribution in [-0.4, -0.2) is 4.98 Å². The number of hydrogen-bond acceptors (Lipinski definition) is 2. The van der Waals surface area contributed by atoms with E-state index in [0.29, 0.717) is 17.7 Å². The molecule has 2 rings (SSSR count). The molecule has 2 aromatic rings. The van der Waals surface area contributed by atoms with Crippen LogP contribution in [0.1, 0.15) is 17.5 Å². The third-order valence-corrected chi connectivity index (χ3v) is 2.86. The molecule has 1 heterocycles. The first kappa shape index (κ1) is 12.3. The van der Waals surface area contributed by atoms with E-state index in [-0.39, 0.29) is 5.82 Å². The van der Waals surface area contributed by atoms with Crippen LogP contribution in [0.3, 0.4) is 0 Å². The highest BCUT2D eigenvalue weighted by Crippen LogP contribution is 2.26. The fraction of sp³-hybridized carbons (Fsp3) is 0.133. The van der Waals surface area contributed by atoms with Crippen LogP contribution in [0.5, 0.6) is 0 Å². The van der Waals surface area contributed by atoms with Crippen molar-refractivity contribution < 1.29 is 4.39 Å². The maximum atomic E-state index is 13.7. The quantitative estimate of drug-likeness (QED) is 0.834. The predicted molar refractivity (Wildman–Crippen MR) is 72.4 cm³/mol. The Kier molecular flexibility index (Phi) is 3.72. The Morgan fingerprint density at radius 3 is 2.61 bits per heavy atom. The van der Waals surface area contributed by atoms with Crippen LogP contribution in [-0.2, 0) is 6.42 Å². The number of nitrogen functional groups attached to an aromatic ring is 1. The molecule has 0 unspecified atom stereocenters. The van der Waals surface area contributed by atoms with Gasteiger partial charge in [0.25, 0.3) is 0 Å². The summed E-state index contributed by atoms with van der Waals surface area (Å²) >= 11 is 0. The molecule has 0 aliphatic carbocycles. The van der Waals surface area contributed by atoms with E-state index in [1.165, 1.54) is 6.07 Å². The molecule has 18 heavy (non-hydrogen) atoms. The Bertz CT molecular complexity index is 529. The van der Waals surface area contributed by atoms with Crippen LogP contribution in [0.15, 0.2) is 49.3 Å². The third kappa shape index (κ3) is 2.74. The number of rotatable bonds is 4. The van der Waals surface area contributed by atoms with Crippen molar-refractivity contribution in [3.63, 3.8) is 0 Å². The summed E-state index contributed by atoms with van der Waals surface area (Å²) < 4.78 is 13.7. The van der Waals surface area contributed by atoms with Gasteiger partial charge in [-0.25, -0.2) is 4.39 Å². The van der Waals surface area contributed by atoms with Gasteiger partial charge in [-0.1, -0.05) is 12.6 Å². The highest BCUT2D eigenvalue weighted by molar-refractivity contribution is 5.74. The molecule has 3 heteroatoms. The van der Waals surface area contributed by atoms with Crippen molar-refractivity contribution in [3.8, 4) is 0 Å². The molecule has 0 bridgehead atoms. The minimum Gasteiger partial charge on any atom is -0.398 e. The lowest BCUT2D eigenvalue weighted by molar-refractivity contribution is 0.624. The Balaban J connectivity index is 2.09. The first-order valence-electron chi connectivity index (χ1n) is 5.79. The summed E-state index contributed by atoms with van der Waals surface area (Å²) in [5, 5.41) is 0. The molecular weight excluding hydrogens is 227 g/mol. The second-order valence-corrected chi connectivity index (χ2v) is 4.16. The van der Waals surface area contributed by atoms with E-state index in [1.54, 1.807) is 24.5 Å². The molecular formula is C15H15FN2. The number of nitrogens with zero attached hydrogens (tertiary/aromatic N) is 1. The molecule has 0 saturated heterocycles. The molecule has 2 N–H and O–H groups in total. The molecule has 0 aliphatic rings. The Morgan fingerprint density at radius 2 is 1.94 bits per heavy atom. The van der Waals surface area contributed by atoms with Crippen molar-refractivity contribution in [1.82, 2.24) is 4.98 Å². The zero-order chi connectivity index (χ0) is 13.0. The number of halogens is 1. The lowest BCUT2D eigenvalue weighted by atomic mass is 9.98. The van der Waals surface area contributed by atoms with E-state index in [2.05, 4.69) is 11.6 Å². The highest BCUT2D eigenvalue weighted by Gasteiger charge is 2.09. The topological polar surface area (TPSA) is 38.9 Å². The van der Waals surface area contributed by atoms with Gasteiger partial charge < -0.3 is 5.73 Å². The summed E-state index contributed by atoms with van der Waals surface area (Å²) in [5.41, 5.74) is 8.53. The lowest BCUT2D eigenvalue weighted by Gasteiger charge is -2.10. The SMILES string of the molecule is C=C(CCc1ccncc1)c1c(N)cccc1F. The average molecular weight is 242 g/mol. The van der Waals surface area contributed by atoms with Crippen molar-refractivity contribution in [2.45, 2.75) is 12.8 Å². The highest BCUT2D eigenvalue weighted by atomic mass is 19.1. The Labute approximate surface area is 106 Å². The number of anilines is 1. The Morgan fingerprint density at radius 1 is 1.22 bits per heavy atom. The number of hydrogen-bond donors (Lipinski definition) is 1. The summed E-state index contributed by atoms with van der Waals surface area (Å²) in [6.45, 7) is 3.93. The van der Waals surface area contributed by atoms with Gasteiger partial charge in [0.05, 0.1) is 0 Å². The van der Waals surface area contributed by atoms with E-state index in [1.807, 2.05) is 12.1 Å². The molecule has 0 saturated carbocycles. The molecule has 0 aliphatic heterocycles. The number of pyridine rings is 1. The maximum Gasteiger partial charge on any atom is 0.132 e. The fourth-order valence-corrected chi connectivity index (χ4v) is 1.88. The van der Waals surface area contributed by atoms with E-state index in [9.17, 15) is 4.39 Å². The standard InChI is InChI=1S/C15H15FN2/c1-11(5-6-12-7-9-18-10-8-12)15-13(16)3-2-4-14(15)17/h2-4,7-10H,1,5-6,17H2. The minimum absolute atomic E-state index is 0.310. The average Bonchev–Trinajstić information content (AvgIpc) is 2.37. The van der Waals surface area contributed by atoms with Crippen LogP contribution in [0.25, 0.3) is 5.57 Å². The van der Waals surface area contributed by atoms with Crippen molar-refractivity contribution in [3.05, 3.63) is 66.2 Å². The summed E-state index contributed by atoms with van der Waals surface area (Å²) in [4.78, 5) is 3.96. The molecule has 0 atom stereocenters. The monoisotopic (exact) mass is 242 g/mol. The minimum atomic E-state index is -0.310. The normalized spacial score (nSPS) is 10.3. The summed E-state index contributed by atoms with van der Waals surface area (Å²) in [5.74, 6) is -0.310. The van der Waals surface area contributed by atoms with Crippen LogP contribution in [0, 0.1) is 5.82 Å². The van der Waals surface area contributed by atoms with Gasteiger partial charge in [0, 0.05) is 23.6 Å². The van der Waals surface area contributed by atoms with E-state index < -0.39 is 0 Å². The molecule has 0 radical (unpaired) electrons. The van der Waals surface area contributed by atoms with Gasteiger partial charge in [-0.2, -0.15) is 0 Å². The van der Waals surface area contributed by atoms with E-state index in [4.69, 9.17) is 5.73 Å². The fourth-order valence-electron chi connectivity index (χ4n) is 1.88. The smallest absolute Gasteiger partial charge is 0.132 e. The van der Waals surface area contributed by atoms with Gasteiger partial charge in [0.1, 0.15) is 5.82 Å². The molecule has 0 amide bonds. The van der Waals surface area contributed by atoms with Crippen LogP contribution in [0.2, 0.25) is 0 Å². The van der Waals surface area contributed by atoms with Crippen LogP contribution in [0.4, 0.5) is 10.1 Å². The second-order valence-electron chi connectivity index (χ2n) is 4.16. The third-order valence-electron chi connectivity index (χ3n) is 2.86. The van der Waals surface area contributed by atoms with Crippen molar-refractivity contribution in [2.75, 3.05) is 5.73 Å². The summed E-state index contributed by atoms with van der Waals surface area (Å²) in [7, 11) is 0. The first-order valence-corrected chi connectivity index (χ1v) is 5.79. The van der Waals surface area contributed by atoms with Gasteiger partial charge in [-0.3, -0.25) is 4.98 Å². The van der Waals surface area contributed by atoms with Gasteiger partial charge in [0.15, 0.2) is 0 Å². The molecule has 1 aromatic heterocycles. The zero-order valence-corrected chi connectivity index (χ0v) is 10.1. The predicted octanol–water partition coefficient (Wildman–Crippen LogP) is 3.45. The summed E-state index contributed by atoms with van der Waals surface area (Å²) in [6.07, 6.45) is 4.97. The first-order chi connectivity index (χ1) is 8.68. The molecule has 2 nitrogen and oxygen atoms in total. The van der Waals surface area contributed by atoms with E-state index in [0.717, 1.165) is 17.6 Å². The number of allylic oxidation sites excluding steroid dienone is 1. The maximum absolute atomic E-state index is 13.7. The van der Waals surface area contributed by atoms with Crippen molar-refractivity contribution in [1.29, 1.82) is 0 Å². The number of aromatic nitrogens is 1. The number of benzene rings is 1. The molecule has 0 fully saturated rings. The largest absolute Gasteiger partial charge is 0.398 e. The van der Waals surface area contributed by atoms with Gasteiger partial charge >= 0.3 is 0 Å². The van der Waals surface area contributed by atoms with Crippen LogP contribution >= 0.6 is 0 Å². The second kappa shape index (κ2) is 5.45. The zero-order valence-electron chi connectivity index (χ0n) is 10.1. The Hall–Kier alpha value is -2.16. The van der Waals surface area contributed by atoms with Gasteiger partial charge in [0.2, 0.25) is 0 Å². The molecule has 0 spiro atoms. The number of aryl methyl sites for hydroxylation is 1. The van der Waals surface area contributed by atoms with Gasteiger partial charge in [-0.05, 0) is 48.2 Å². The molecule has 1 aromatic carbocycles. The van der Waals surface area contributed by atoms with Crippen molar-refractivity contribution in [2.24, 2.45) is 0 Å². The van der Waals surface area contributed by atoms with Crippen molar-refractivity contribution >= 4 is 11.3 Å². The molecule has 92 valence electrons. The lowest BCUT2D eigenvalue weighted by Crippen LogP contribution is -1.98. The summed E-state index contributed by atoms with van der Waals surface area (Å²) in [6, 6.07) is 8.58. The number of nitrogens with two attached hydrogens (primary N) is 1. The van der Waals surface area contributed by atoms with Gasteiger partial charge in [-0.15, -0.1) is 0 Å². The van der Waals surface area contributed by atoms with Crippen LogP contribution < -0.4 is 5.73 Å². The van der Waals surface area contributed by atoms with E-state index >= 15 is 0 Å².